The van der Waals surface area contributed by atoms with Crippen LogP contribution in [-0.4, -0.2) is 36.6 Å². The molecule has 0 saturated carbocycles. The van der Waals surface area contributed by atoms with Gasteiger partial charge in [-0.2, -0.15) is 0 Å². The predicted molar refractivity (Wildman–Crippen MR) is 499 cm³/mol. The molecule has 0 bridgehead atoms. The first-order valence-electron chi connectivity index (χ1n) is 40.6. The van der Waals surface area contributed by atoms with E-state index in [1.165, 1.54) is 146 Å². The molecule has 8 heteroatoms. The van der Waals surface area contributed by atoms with E-state index in [4.69, 9.17) is 0 Å². The van der Waals surface area contributed by atoms with Gasteiger partial charge in [-0.05, 0) is 233 Å². The first-order valence-corrected chi connectivity index (χ1v) is 44.6. The van der Waals surface area contributed by atoms with Gasteiger partial charge in [-0.1, -0.05) is 288 Å². The molecular formula is C108H82BN5Si2. The third-order valence-corrected chi connectivity index (χ3v) is 34.9. The SMILES string of the molecule is Cc1ccc2c(c1)c1cc(C)ccc1n2-c1ccc2c(c1)N(c1cccc([Si](c3ccccc3)(c3ccccc3)c3ccccc3)c1)c1cc(-n3c4ccc(C)cc4c4cc(C)ccc43)cc3c1B2c1ccc(-n2c4ccc(C)cc4c4cc(C)ccc42)cc1N3c1cccc([Si](c2ccccc2)(c2ccccc2)c2ccccc2)c1. The fourth-order valence-corrected chi connectivity index (χ4v) is 30.0. The number of hydrogen-bond donors (Lipinski definition) is 0. The second-order valence-electron chi connectivity index (χ2n) is 32.4. The lowest BCUT2D eigenvalue weighted by Crippen LogP contribution is -2.74. The molecule has 5 heterocycles. The van der Waals surface area contributed by atoms with Crippen molar-refractivity contribution in [3.8, 4) is 17.1 Å². The number of benzene rings is 17. The molecule has 2 aliphatic heterocycles. The molecule has 0 fully saturated rings. The Labute approximate surface area is 679 Å². The minimum atomic E-state index is -3.16. The molecule has 5 nitrogen and oxygen atoms in total. The van der Waals surface area contributed by atoms with Crippen molar-refractivity contribution in [2.24, 2.45) is 0 Å². The van der Waals surface area contributed by atoms with Gasteiger partial charge in [0.25, 0.3) is 6.71 Å². The van der Waals surface area contributed by atoms with Gasteiger partial charge >= 0.3 is 0 Å². The van der Waals surface area contributed by atoms with Gasteiger partial charge in [-0.15, -0.1) is 0 Å². The van der Waals surface area contributed by atoms with Gasteiger partial charge < -0.3 is 23.5 Å². The van der Waals surface area contributed by atoms with Gasteiger partial charge in [-0.25, -0.2) is 0 Å². The zero-order valence-electron chi connectivity index (χ0n) is 65.8. The van der Waals surface area contributed by atoms with E-state index in [-0.39, 0.29) is 6.71 Å². The molecule has 0 saturated heterocycles. The third-order valence-electron chi connectivity index (χ3n) is 25.3. The monoisotopic (exact) mass is 1520 g/mol. The highest BCUT2D eigenvalue weighted by atomic mass is 28.3. The van der Waals surface area contributed by atoms with E-state index in [1.54, 1.807) is 0 Å². The lowest BCUT2D eigenvalue weighted by molar-refractivity contribution is 1.15. The Bertz CT molecular complexity index is 6610. The molecule has 3 aromatic heterocycles. The largest absolute Gasteiger partial charge is 0.311 e. The van der Waals surface area contributed by atoms with Gasteiger partial charge in [0.15, 0.2) is 16.1 Å². The summed E-state index contributed by atoms with van der Waals surface area (Å²) in [6.45, 7) is 13.1. The second kappa shape index (κ2) is 27.0. The first kappa shape index (κ1) is 69.0. The van der Waals surface area contributed by atoms with Crippen LogP contribution in [-0.2, 0) is 0 Å². The second-order valence-corrected chi connectivity index (χ2v) is 40.0. The molecule has 550 valence electrons. The summed E-state index contributed by atoms with van der Waals surface area (Å²) in [5, 5.41) is 18.0. The van der Waals surface area contributed by atoms with E-state index < -0.39 is 16.1 Å². The average molecular weight is 1520 g/mol. The van der Waals surface area contributed by atoms with E-state index >= 15 is 0 Å². The van der Waals surface area contributed by atoms with Crippen molar-refractivity contribution in [1.82, 2.24) is 13.7 Å². The Morgan fingerprint density at radius 3 is 0.698 bits per heavy atom. The van der Waals surface area contributed by atoms with Crippen LogP contribution in [0.1, 0.15) is 33.4 Å². The van der Waals surface area contributed by atoms with E-state index in [0.717, 1.165) is 62.2 Å². The molecule has 17 aromatic carbocycles. The zero-order chi connectivity index (χ0) is 77.7. The maximum atomic E-state index is 2.69. The molecular weight excluding hydrogens is 1430 g/mol. The Kier molecular flexibility index (Phi) is 16.0. The van der Waals surface area contributed by atoms with Crippen LogP contribution in [0.15, 0.2) is 388 Å². The van der Waals surface area contributed by atoms with Gasteiger partial charge in [0.1, 0.15) is 0 Å². The van der Waals surface area contributed by atoms with Crippen LogP contribution in [0.4, 0.5) is 34.1 Å². The highest BCUT2D eigenvalue weighted by Crippen LogP contribution is 2.49. The lowest BCUT2D eigenvalue weighted by atomic mass is 9.33. The first-order chi connectivity index (χ1) is 57.0. The molecule has 0 N–H and O–H groups in total. The topological polar surface area (TPSA) is 21.3 Å². The standard InChI is InChI=1S/C108H82BN5Si2/c1-71-43-53-98-90(59-71)91-60-72(2)44-54-99(91)110(98)79-49-51-96-104(67-79)112(77-27-25-41-88(65-77)115(82-29-13-7-14-30-82,83-31-15-8-16-32-83)84-33-17-9-18-34-84)106-69-81(114-102-57-47-75(5)63-94(102)95-64-76(6)48-58-103(95)114)70-107-108(106)109(96)97-52-50-80(111-100-55-45-73(3)61-92(100)93-62-74(4)46-56-101(93)111)68-105(97)113(107)78-28-26-42-89(66-78)116(85-35-19-10-20-36-85,86-37-21-11-22-38-86)87-39-23-12-24-40-87/h7-70H,1-6H3. The number of aryl methyl sites for hydroxylation is 6. The van der Waals surface area contributed by atoms with E-state index in [0.29, 0.717) is 0 Å². The Morgan fingerprint density at radius 2 is 0.431 bits per heavy atom. The summed E-state index contributed by atoms with van der Waals surface area (Å²) < 4.78 is 7.64. The van der Waals surface area contributed by atoms with Crippen LogP contribution in [0, 0.1) is 41.5 Å². The summed E-state index contributed by atoms with van der Waals surface area (Å²) in [4.78, 5) is 5.39. The zero-order valence-corrected chi connectivity index (χ0v) is 67.8. The Balaban J connectivity index is 0.902. The maximum absolute atomic E-state index is 3.16. The van der Waals surface area contributed by atoms with Crippen molar-refractivity contribution < 1.29 is 0 Å². The molecule has 0 spiro atoms. The summed E-state index contributed by atoms with van der Waals surface area (Å²) >= 11 is 0. The molecule has 0 unspecified atom stereocenters. The molecule has 116 heavy (non-hydrogen) atoms. The molecule has 0 aliphatic carbocycles. The van der Waals surface area contributed by atoms with Gasteiger partial charge in [0, 0.05) is 77.8 Å². The summed E-state index contributed by atoms with van der Waals surface area (Å²) in [6, 6.07) is 150. The molecule has 0 atom stereocenters. The number of fused-ring (bicyclic) bond motifs is 13. The van der Waals surface area contributed by atoms with Crippen molar-refractivity contribution in [3.63, 3.8) is 0 Å². The predicted octanol–water partition coefficient (Wildman–Crippen LogP) is 19.7. The highest BCUT2D eigenvalue weighted by Gasteiger charge is 2.48. The van der Waals surface area contributed by atoms with Crippen LogP contribution in [0.5, 0.6) is 0 Å². The summed E-state index contributed by atoms with van der Waals surface area (Å²) in [7, 11) is -6.31. The Hall–Kier alpha value is -13.8. The van der Waals surface area contributed by atoms with Gasteiger partial charge in [-0.3, -0.25) is 0 Å². The normalized spacial score (nSPS) is 12.7. The molecule has 22 rings (SSSR count). The number of anilines is 6. The van der Waals surface area contributed by atoms with E-state index in [9.17, 15) is 0 Å². The van der Waals surface area contributed by atoms with Crippen molar-refractivity contribution >= 4 is 180 Å². The number of aromatic nitrogens is 3. The van der Waals surface area contributed by atoms with Crippen LogP contribution in [0.2, 0.25) is 0 Å². The fraction of sp³-hybridized carbons (Fsp3) is 0.0556. The number of rotatable bonds is 13. The fourth-order valence-electron chi connectivity index (χ4n) is 20.4. The van der Waals surface area contributed by atoms with Crippen LogP contribution in [0.3, 0.4) is 0 Å². The van der Waals surface area contributed by atoms with Crippen molar-refractivity contribution in [1.29, 1.82) is 0 Å². The number of nitrogens with zero attached hydrogens (tertiary/aromatic N) is 5. The minimum absolute atomic E-state index is 0.269. The van der Waals surface area contributed by atoms with Crippen LogP contribution >= 0.6 is 0 Å². The van der Waals surface area contributed by atoms with Crippen molar-refractivity contribution in [3.05, 3.63) is 422 Å². The minimum Gasteiger partial charge on any atom is -0.311 e. The quantitative estimate of drug-likeness (QED) is 0.0847. The third kappa shape index (κ3) is 10.5. The van der Waals surface area contributed by atoms with Crippen LogP contribution < -0.4 is 67.7 Å². The average Bonchev–Trinajstić information content (AvgIpc) is 0.792. The molecule has 2 aliphatic rings. The molecule has 0 amide bonds. The maximum Gasteiger partial charge on any atom is 0.252 e. The molecule has 0 radical (unpaired) electrons. The smallest absolute Gasteiger partial charge is 0.252 e. The summed E-state index contributed by atoms with van der Waals surface area (Å²) in [5.74, 6) is 0. The van der Waals surface area contributed by atoms with Crippen molar-refractivity contribution in [2.75, 3.05) is 9.80 Å². The van der Waals surface area contributed by atoms with Gasteiger partial charge in [0.05, 0.1) is 38.8 Å². The van der Waals surface area contributed by atoms with E-state index in [2.05, 4.69) is 453 Å². The number of hydrogen-bond acceptors (Lipinski definition) is 2. The Morgan fingerprint density at radius 1 is 0.190 bits per heavy atom. The summed E-state index contributed by atoms with van der Waals surface area (Å²) in [6.07, 6.45) is 0. The summed E-state index contributed by atoms with van der Waals surface area (Å²) in [5.41, 5.74) is 28.0. The highest BCUT2D eigenvalue weighted by molar-refractivity contribution is 7.20. The van der Waals surface area contributed by atoms with Crippen molar-refractivity contribution in [2.45, 2.75) is 41.5 Å². The van der Waals surface area contributed by atoms with Crippen LogP contribution in [0.25, 0.3) is 82.5 Å². The van der Waals surface area contributed by atoms with Gasteiger partial charge in [0.2, 0.25) is 0 Å². The van der Waals surface area contributed by atoms with E-state index in [1.807, 2.05) is 0 Å². The molecule has 20 aromatic rings. The lowest BCUT2D eigenvalue weighted by Gasteiger charge is -2.45.